The van der Waals surface area contributed by atoms with Crippen molar-refractivity contribution in [2.24, 2.45) is 5.92 Å². The van der Waals surface area contributed by atoms with Crippen molar-refractivity contribution >= 4 is 15.7 Å². The summed E-state index contributed by atoms with van der Waals surface area (Å²) in [6.07, 6.45) is 3.03. The molecular formula is C14H22N2O3S. The van der Waals surface area contributed by atoms with Gasteiger partial charge in [-0.3, -0.25) is 0 Å². The van der Waals surface area contributed by atoms with E-state index in [4.69, 9.17) is 10.5 Å². The highest BCUT2D eigenvalue weighted by atomic mass is 32.2. The highest BCUT2D eigenvalue weighted by Gasteiger charge is 2.32. The monoisotopic (exact) mass is 298 g/mol. The van der Waals surface area contributed by atoms with Crippen LogP contribution >= 0.6 is 0 Å². The molecule has 2 N–H and O–H groups in total. The average molecular weight is 298 g/mol. The van der Waals surface area contributed by atoms with Gasteiger partial charge in [0.2, 0.25) is 10.0 Å². The smallest absolute Gasteiger partial charge is 0.245 e. The second kappa shape index (κ2) is 6.01. The van der Waals surface area contributed by atoms with E-state index in [1.807, 2.05) is 6.92 Å². The van der Waals surface area contributed by atoms with Gasteiger partial charge in [0, 0.05) is 19.2 Å². The number of anilines is 1. The molecule has 1 fully saturated rings. The van der Waals surface area contributed by atoms with E-state index in [2.05, 4.69) is 0 Å². The lowest BCUT2D eigenvalue weighted by atomic mass is 10.3. The first-order chi connectivity index (χ1) is 9.48. The van der Waals surface area contributed by atoms with Crippen molar-refractivity contribution in [3.8, 4) is 5.75 Å². The number of nitrogen functional groups attached to an aromatic ring is 1. The van der Waals surface area contributed by atoms with Gasteiger partial charge in [-0.1, -0.05) is 6.92 Å². The molecule has 0 bridgehead atoms. The molecule has 20 heavy (non-hydrogen) atoms. The first-order valence-corrected chi connectivity index (χ1v) is 8.36. The molecule has 0 radical (unpaired) electrons. The third-order valence-electron chi connectivity index (χ3n) is 3.47. The van der Waals surface area contributed by atoms with Gasteiger partial charge in [0.1, 0.15) is 10.6 Å². The molecule has 0 amide bonds. The quantitative estimate of drug-likeness (QED) is 0.782. The fourth-order valence-corrected chi connectivity index (χ4v) is 3.88. The fraction of sp³-hybridized carbons (Fsp3) is 0.571. The maximum Gasteiger partial charge on any atom is 0.245 e. The molecule has 1 aromatic carbocycles. The number of methoxy groups -OCH3 is 1. The Labute approximate surface area is 120 Å². The van der Waals surface area contributed by atoms with Crippen molar-refractivity contribution in [3.05, 3.63) is 18.2 Å². The van der Waals surface area contributed by atoms with Crippen LogP contribution < -0.4 is 10.5 Å². The van der Waals surface area contributed by atoms with E-state index < -0.39 is 10.0 Å². The lowest BCUT2D eigenvalue weighted by Gasteiger charge is -2.22. The number of nitrogens with two attached hydrogens (primary N) is 1. The second-order valence-electron chi connectivity index (χ2n) is 5.21. The van der Waals surface area contributed by atoms with Crippen LogP contribution in [0.2, 0.25) is 0 Å². The van der Waals surface area contributed by atoms with Crippen LogP contribution in [0.4, 0.5) is 5.69 Å². The standard InChI is InChI=1S/C14H22N2O3S/c1-3-8-16(10-11-4-5-11)20(17,18)14-7-6-12(19-2)9-13(14)15/h6-7,9,11H,3-5,8,10,15H2,1-2H3. The first-order valence-electron chi connectivity index (χ1n) is 6.92. The van der Waals surface area contributed by atoms with Gasteiger partial charge in [0.15, 0.2) is 0 Å². The minimum atomic E-state index is -3.52. The van der Waals surface area contributed by atoms with Gasteiger partial charge in [-0.05, 0) is 37.3 Å². The van der Waals surface area contributed by atoms with Crippen LogP contribution in [-0.2, 0) is 10.0 Å². The molecule has 0 atom stereocenters. The van der Waals surface area contributed by atoms with E-state index in [0.717, 1.165) is 19.3 Å². The highest BCUT2D eigenvalue weighted by Crippen LogP contribution is 2.33. The predicted molar refractivity (Wildman–Crippen MR) is 79.2 cm³/mol. The van der Waals surface area contributed by atoms with Gasteiger partial charge in [0.25, 0.3) is 0 Å². The predicted octanol–water partition coefficient (Wildman–Crippen LogP) is 2.09. The zero-order valence-electron chi connectivity index (χ0n) is 12.0. The molecule has 1 aliphatic carbocycles. The summed E-state index contributed by atoms with van der Waals surface area (Å²) in [5.41, 5.74) is 6.11. The average Bonchev–Trinajstić information content (AvgIpc) is 3.21. The molecular weight excluding hydrogens is 276 g/mol. The Morgan fingerprint density at radius 1 is 1.40 bits per heavy atom. The van der Waals surface area contributed by atoms with Crippen LogP contribution in [0.3, 0.4) is 0 Å². The molecule has 1 saturated carbocycles. The number of ether oxygens (including phenoxy) is 1. The summed E-state index contributed by atoms with van der Waals surface area (Å²) >= 11 is 0. The summed E-state index contributed by atoms with van der Waals surface area (Å²) in [6, 6.07) is 4.71. The van der Waals surface area contributed by atoms with E-state index in [1.165, 1.54) is 13.2 Å². The van der Waals surface area contributed by atoms with Crippen molar-refractivity contribution in [1.29, 1.82) is 0 Å². The van der Waals surface area contributed by atoms with Crippen LogP contribution in [0.1, 0.15) is 26.2 Å². The van der Waals surface area contributed by atoms with Gasteiger partial charge in [-0.2, -0.15) is 4.31 Å². The second-order valence-corrected chi connectivity index (χ2v) is 7.12. The Bertz CT molecular complexity index is 568. The Morgan fingerprint density at radius 3 is 2.60 bits per heavy atom. The highest BCUT2D eigenvalue weighted by molar-refractivity contribution is 7.89. The molecule has 2 rings (SSSR count). The first kappa shape index (κ1) is 15.1. The molecule has 6 heteroatoms. The molecule has 0 aliphatic heterocycles. The summed E-state index contributed by atoms with van der Waals surface area (Å²) < 4.78 is 32.0. The number of benzene rings is 1. The van der Waals surface area contributed by atoms with Gasteiger partial charge in [-0.15, -0.1) is 0 Å². The van der Waals surface area contributed by atoms with Gasteiger partial charge < -0.3 is 10.5 Å². The molecule has 1 aliphatic rings. The zero-order valence-corrected chi connectivity index (χ0v) is 12.8. The molecule has 0 saturated heterocycles. The number of rotatable bonds is 7. The minimum absolute atomic E-state index is 0.174. The lowest BCUT2D eigenvalue weighted by Crippen LogP contribution is -2.34. The number of hydrogen-bond acceptors (Lipinski definition) is 4. The van der Waals surface area contributed by atoms with Crippen molar-refractivity contribution in [2.45, 2.75) is 31.1 Å². The number of nitrogens with zero attached hydrogens (tertiary/aromatic N) is 1. The van der Waals surface area contributed by atoms with E-state index in [-0.39, 0.29) is 10.6 Å². The molecule has 0 spiro atoms. The third-order valence-corrected chi connectivity index (χ3v) is 5.41. The molecule has 1 aromatic rings. The molecule has 5 nitrogen and oxygen atoms in total. The van der Waals surface area contributed by atoms with Crippen LogP contribution in [0, 0.1) is 5.92 Å². The van der Waals surface area contributed by atoms with Crippen LogP contribution in [0.5, 0.6) is 5.75 Å². The normalized spacial score (nSPS) is 15.6. The Balaban J connectivity index is 2.30. The van der Waals surface area contributed by atoms with Crippen molar-refractivity contribution in [3.63, 3.8) is 0 Å². The number of hydrogen-bond donors (Lipinski definition) is 1. The molecule has 0 aromatic heterocycles. The summed E-state index contributed by atoms with van der Waals surface area (Å²) in [5, 5.41) is 0. The summed E-state index contributed by atoms with van der Waals surface area (Å²) in [5.74, 6) is 1.07. The maximum atomic E-state index is 12.7. The van der Waals surface area contributed by atoms with Gasteiger partial charge >= 0.3 is 0 Å². The van der Waals surface area contributed by atoms with E-state index in [9.17, 15) is 8.42 Å². The summed E-state index contributed by atoms with van der Waals surface area (Å²) in [6.45, 7) is 3.11. The fourth-order valence-electron chi connectivity index (χ4n) is 2.17. The molecule has 0 unspecified atom stereocenters. The Morgan fingerprint density at radius 2 is 2.10 bits per heavy atom. The van der Waals surface area contributed by atoms with Gasteiger partial charge in [0.05, 0.1) is 12.8 Å². The summed E-state index contributed by atoms with van der Waals surface area (Å²) in [7, 11) is -1.99. The van der Waals surface area contributed by atoms with Crippen molar-refractivity contribution in [2.75, 3.05) is 25.9 Å². The SMILES string of the molecule is CCCN(CC1CC1)S(=O)(=O)c1ccc(OC)cc1N. The van der Waals surface area contributed by atoms with Crippen LogP contribution in [0.15, 0.2) is 23.1 Å². The maximum absolute atomic E-state index is 12.7. The third kappa shape index (κ3) is 3.24. The largest absolute Gasteiger partial charge is 0.497 e. The number of sulfonamides is 1. The minimum Gasteiger partial charge on any atom is -0.497 e. The van der Waals surface area contributed by atoms with Crippen molar-refractivity contribution in [1.82, 2.24) is 4.31 Å². The van der Waals surface area contributed by atoms with Gasteiger partial charge in [-0.25, -0.2) is 8.42 Å². The Kier molecular flexibility index (Phi) is 4.55. The topological polar surface area (TPSA) is 72.6 Å². The van der Waals surface area contributed by atoms with E-state index in [1.54, 1.807) is 16.4 Å². The lowest BCUT2D eigenvalue weighted by molar-refractivity contribution is 0.395. The van der Waals surface area contributed by atoms with Crippen LogP contribution in [0.25, 0.3) is 0 Å². The summed E-state index contributed by atoms with van der Waals surface area (Å²) in [4.78, 5) is 0.174. The van der Waals surface area contributed by atoms with E-state index in [0.29, 0.717) is 24.8 Å². The van der Waals surface area contributed by atoms with E-state index >= 15 is 0 Å². The van der Waals surface area contributed by atoms with Crippen molar-refractivity contribution < 1.29 is 13.2 Å². The van der Waals surface area contributed by atoms with Crippen LogP contribution in [-0.4, -0.2) is 32.9 Å². The zero-order chi connectivity index (χ0) is 14.8. The molecule has 112 valence electrons. The Hall–Kier alpha value is -1.27. The molecule has 0 heterocycles.